The fourth-order valence-electron chi connectivity index (χ4n) is 1.96. The summed E-state index contributed by atoms with van der Waals surface area (Å²) in [6.45, 7) is 4.06. The maximum atomic E-state index is 13.8. The van der Waals surface area contributed by atoms with Crippen molar-refractivity contribution < 1.29 is 4.39 Å². The molecule has 0 radical (unpaired) electrons. The van der Waals surface area contributed by atoms with E-state index in [1.165, 1.54) is 12.4 Å². The van der Waals surface area contributed by atoms with Gasteiger partial charge in [0.1, 0.15) is 23.8 Å². The molecule has 0 bridgehead atoms. The maximum absolute atomic E-state index is 13.8. The lowest BCUT2D eigenvalue weighted by Crippen LogP contribution is -2.07. The maximum Gasteiger partial charge on any atom is 0.148 e. The lowest BCUT2D eigenvalue weighted by molar-refractivity contribution is 0.631. The Kier molecular flexibility index (Phi) is 4.39. The molecule has 1 aromatic carbocycles. The third-order valence-corrected chi connectivity index (χ3v) is 3.12. The number of anilines is 3. The average Bonchev–Trinajstić information content (AvgIpc) is 2.41. The first-order valence-electron chi connectivity index (χ1n) is 6.27. The van der Waals surface area contributed by atoms with Crippen LogP contribution in [0.2, 0.25) is 5.02 Å². The molecule has 0 fully saturated rings. The zero-order valence-corrected chi connectivity index (χ0v) is 12.3. The van der Waals surface area contributed by atoms with Gasteiger partial charge in [-0.2, -0.15) is 0 Å². The second kappa shape index (κ2) is 6.05. The predicted octanol–water partition coefficient (Wildman–Crippen LogP) is 4.18. The first-order valence-corrected chi connectivity index (χ1v) is 6.65. The molecule has 0 saturated carbocycles. The summed E-state index contributed by atoms with van der Waals surface area (Å²) in [7, 11) is 1.79. The van der Waals surface area contributed by atoms with E-state index in [1.54, 1.807) is 19.2 Å². The highest BCUT2D eigenvalue weighted by molar-refractivity contribution is 6.30. The van der Waals surface area contributed by atoms with Crippen LogP contribution in [0, 0.1) is 5.82 Å². The molecular weight excluding hydrogens is 279 g/mol. The van der Waals surface area contributed by atoms with Gasteiger partial charge in [0.25, 0.3) is 0 Å². The van der Waals surface area contributed by atoms with Gasteiger partial charge >= 0.3 is 0 Å². The Bertz CT molecular complexity index is 616. The van der Waals surface area contributed by atoms with Gasteiger partial charge in [0.15, 0.2) is 0 Å². The van der Waals surface area contributed by atoms with Crippen molar-refractivity contribution in [1.29, 1.82) is 0 Å². The minimum atomic E-state index is -0.420. The van der Waals surface area contributed by atoms with Gasteiger partial charge in [-0.25, -0.2) is 14.4 Å². The minimum Gasteiger partial charge on any atom is -0.373 e. The number of benzene rings is 1. The molecule has 0 atom stereocenters. The number of halogens is 2. The van der Waals surface area contributed by atoms with Crippen LogP contribution in [0.15, 0.2) is 24.5 Å². The molecule has 0 aliphatic heterocycles. The molecule has 0 aliphatic carbocycles. The molecule has 4 nitrogen and oxygen atoms in total. The fourth-order valence-corrected chi connectivity index (χ4v) is 2.12. The molecule has 1 aromatic heterocycles. The largest absolute Gasteiger partial charge is 0.373 e. The molecule has 0 saturated heterocycles. The predicted molar refractivity (Wildman–Crippen MR) is 80.4 cm³/mol. The Morgan fingerprint density at radius 3 is 2.50 bits per heavy atom. The summed E-state index contributed by atoms with van der Waals surface area (Å²) in [5.41, 5.74) is 1.24. The van der Waals surface area contributed by atoms with Crippen LogP contribution >= 0.6 is 11.6 Å². The first-order chi connectivity index (χ1) is 9.52. The van der Waals surface area contributed by atoms with E-state index in [2.05, 4.69) is 20.6 Å². The summed E-state index contributed by atoms with van der Waals surface area (Å²) >= 11 is 5.75. The van der Waals surface area contributed by atoms with Crippen LogP contribution in [0.25, 0.3) is 0 Å². The molecule has 106 valence electrons. The molecule has 0 spiro atoms. The quantitative estimate of drug-likeness (QED) is 0.888. The van der Waals surface area contributed by atoms with Crippen molar-refractivity contribution >= 4 is 28.9 Å². The highest BCUT2D eigenvalue weighted by Gasteiger charge is 2.15. The van der Waals surface area contributed by atoms with Crippen molar-refractivity contribution in [3.63, 3.8) is 0 Å². The van der Waals surface area contributed by atoms with E-state index in [4.69, 9.17) is 11.6 Å². The summed E-state index contributed by atoms with van der Waals surface area (Å²) in [4.78, 5) is 8.39. The number of hydrogen-bond acceptors (Lipinski definition) is 4. The summed E-state index contributed by atoms with van der Waals surface area (Å²) in [5.74, 6) is 1.08. The van der Waals surface area contributed by atoms with E-state index in [9.17, 15) is 4.39 Å². The Morgan fingerprint density at radius 1 is 1.20 bits per heavy atom. The van der Waals surface area contributed by atoms with Crippen LogP contribution < -0.4 is 10.6 Å². The van der Waals surface area contributed by atoms with Crippen LogP contribution in [0.4, 0.5) is 21.7 Å². The summed E-state index contributed by atoms with van der Waals surface area (Å²) in [6, 6.07) is 4.48. The molecule has 0 aliphatic rings. The second-order valence-corrected chi connectivity index (χ2v) is 5.07. The topological polar surface area (TPSA) is 49.8 Å². The van der Waals surface area contributed by atoms with Gasteiger partial charge < -0.3 is 10.6 Å². The smallest absolute Gasteiger partial charge is 0.148 e. The van der Waals surface area contributed by atoms with Crippen molar-refractivity contribution in [2.45, 2.75) is 19.8 Å². The van der Waals surface area contributed by atoms with E-state index in [0.717, 1.165) is 11.4 Å². The van der Waals surface area contributed by atoms with E-state index in [0.29, 0.717) is 16.5 Å². The lowest BCUT2D eigenvalue weighted by atomic mass is 10.0. The van der Waals surface area contributed by atoms with Crippen LogP contribution in [0.1, 0.15) is 25.3 Å². The number of aromatic nitrogens is 2. The highest BCUT2D eigenvalue weighted by atomic mass is 35.5. The van der Waals surface area contributed by atoms with Gasteiger partial charge in [0.05, 0.1) is 5.69 Å². The van der Waals surface area contributed by atoms with E-state index in [-0.39, 0.29) is 5.92 Å². The van der Waals surface area contributed by atoms with Crippen molar-refractivity contribution in [3.05, 3.63) is 40.9 Å². The van der Waals surface area contributed by atoms with Gasteiger partial charge in [0, 0.05) is 17.6 Å². The lowest BCUT2D eigenvalue weighted by Gasteiger charge is -2.17. The molecule has 0 amide bonds. The van der Waals surface area contributed by atoms with Crippen molar-refractivity contribution in [2.75, 3.05) is 17.7 Å². The molecule has 20 heavy (non-hydrogen) atoms. The van der Waals surface area contributed by atoms with Crippen LogP contribution in [-0.4, -0.2) is 17.0 Å². The van der Waals surface area contributed by atoms with Crippen molar-refractivity contribution in [3.8, 4) is 0 Å². The monoisotopic (exact) mass is 294 g/mol. The SMILES string of the molecule is CNc1ncnc(Nc2ccc(Cl)cc2F)c1C(C)C. The molecule has 1 heterocycles. The standard InChI is InChI=1S/C14H16ClFN4/c1-8(2)12-13(17-3)18-7-19-14(12)20-11-5-4-9(15)6-10(11)16/h4-8H,1-3H3,(H2,17,18,19,20). The molecular formula is C14H16ClFN4. The molecule has 2 aromatic rings. The van der Waals surface area contributed by atoms with E-state index < -0.39 is 5.82 Å². The molecule has 2 rings (SSSR count). The molecule has 2 N–H and O–H groups in total. The normalized spacial score (nSPS) is 10.7. The van der Waals surface area contributed by atoms with Crippen LogP contribution in [0.5, 0.6) is 0 Å². The minimum absolute atomic E-state index is 0.191. The van der Waals surface area contributed by atoms with Gasteiger partial charge in [-0.1, -0.05) is 25.4 Å². The van der Waals surface area contributed by atoms with Gasteiger partial charge in [-0.15, -0.1) is 0 Å². The Morgan fingerprint density at radius 2 is 1.90 bits per heavy atom. The summed E-state index contributed by atoms with van der Waals surface area (Å²) in [5, 5.41) is 6.38. The first kappa shape index (κ1) is 14.5. The molecule has 6 heteroatoms. The molecule has 0 unspecified atom stereocenters. The Hall–Kier alpha value is -1.88. The van der Waals surface area contributed by atoms with Gasteiger partial charge in [0.2, 0.25) is 0 Å². The summed E-state index contributed by atoms with van der Waals surface area (Å²) < 4.78 is 13.8. The number of nitrogens with one attached hydrogen (secondary N) is 2. The second-order valence-electron chi connectivity index (χ2n) is 4.64. The Balaban J connectivity index is 2.43. The van der Waals surface area contributed by atoms with Crippen LogP contribution in [-0.2, 0) is 0 Å². The number of rotatable bonds is 4. The van der Waals surface area contributed by atoms with Crippen molar-refractivity contribution in [2.24, 2.45) is 0 Å². The number of hydrogen-bond donors (Lipinski definition) is 2. The third kappa shape index (κ3) is 2.99. The van der Waals surface area contributed by atoms with Crippen molar-refractivity contribution in [1.82, 2.24) is 9.97 Å². The summed E-state index contributed by atoms with van der Waals surface area (Å²) in [6.07, 6.45) is 1.44. The van der Waals surface area contributed by atoms with Gasteiger partial charge in [-0.3, -0.25) is 0 Å². The van der Waals surface area contributed by atoms with E-state index in [1.807, 2.05) is 13.8 Å². The Labute approximate surface area is 122 Å². The van der Waals surface area contributed by atoms with Crippen LogP contribution in [0.3, 0.4) is 0 Å². The average molecular weight is 295 g/mol. The van der Waals surface area contributed by atoms with Gasteiger partial charge in [-0.05, 0) is 24.1 Å². The number of nitrogens with zero attached hydrogens (tertiary/aromatic N) is 2. The zero-order valence-electron chi connectivity index (χ0n) is 11.5. The highest BCUT2D eigenvalue weighted by Crippen LogP contribution is 2.31. The fraction of sp³-hybridized carbons (Fsp3) is 0.286. The zero-order chi connectivity index (χ0) is 14.7. The van der Waals surface area contributed by atoms with E-state index >= 15 is 0 Å². The third-order valence-electron chi connectivity index (χ3n) is 2.88.